The summed E-state index contributed by atoms with van der Waals surface area (Å²) in [5.74, 6) is 0.596. The zero-order chi connectivity index (χ0) is 29.7. The molecule has 4 aromatic carbocycles. The first-order chi connectivity index (χ1) is 20.2. The molecule has 0 aliphatic heterocycles. The summed E-state index contributed by atoms with van der Waals surface area (Å²) in [5, 5.41) is 17.9. The van der Waals surface area contributed by atoms with Gasteiger partial charge < -0.3 is 9.73 Å². The van der Waals surface area contributed by atoms with Crippen molar-refractivity contribution in [2.75, 3.05) is 5.32 Å². The second kappa shape index (κ2) is 12.0. The third kappa shape index (κ3) is 6.43. The van der Waals surface area contributed by atoms with Crippen molar-refractivity contribution in [1.82, 2.24) is 4.72 Å². The van der Waals surface area contributed by atoms with E-state index in [1.165, 1.54) is 18.4 Å². The van der Waals surface area contributed by atoms with Gasteiger partial charge in [0.1, 0.15) is 10.7 Å². The van der Waals surface area contributed by atoms with Gasteiger partial charge in [-0.2, -0.15) is 5.26 Å². The smallest absolute Gasteiger partial charge is 0.240 e. The van der Waals surface area contributed by atoms with Gasteiger partial charge in [-0.3, -0.25) is 0 Å². The standard InChI is InChI=1S/C31H26N4O5S2/c32-19-24-6-1-3-8-27(24)23-13-11-22(12-14-23)20-34-29-16-15-26(18-31(29)41(33,36)37)42(38,39)35-21-25-7-2-4-9-28(25)30-10-5-17-40-30/h1-18,34-35H,20-21H2,(H2,33,36,37). The molecular weight excluding hydrogens is 572 g/mol. The van der Waals surface area contributed by atoms with Gasteiger partial charge in [0.2, 0.25) is 20.0 Å². The minimum Gasteiger partial charge on any atom is -0.464 e. The molecule has 9 nitrogen and oxygen atoms in total. The van der Waals surface area contributed by atoms with Crippen LogP contribution in [0.15, 0.2) is 124 Å². The van der Waals surface area contributed by atoms with Crippen LogP contribution in [-0.2, 0) is 33.1 Å². The average Bonchev–Trinajstić information content (AvgIpc) is 3.54. The van der Waals surface area contributed by atoms with Crippen LogP contribution in [0.2, 0.25) is 0 Å². The maximum Gasteiger partial charge on any atom is 0.240 e. The first-order valence-electron chi connectivity index (χ1n) is 12.8. The number of benzene rings is 4. The van der Waals surface area contributed by atoms with Crippen LogP contribution >= 0.6 is 0 Å². The summed E-state index contributed by atoms with van der Waals surface area (Å²) in [6.07, 6.45) is 1.53. The molecule has 4 N–H and O–H groups in total. The second-order valence-electron chi connectivity index (χ2n) is 9.37. The fourth-order valence-electron chi connectivity index (χ4n) is 4.49. The van der Waals surface area contributed by atoms with Crippen molar-refractivity contribution in [3.63, 3.8) is 0 Å². The maximum atomic E-state index is 13.2. The molecule has 1 heterocycles. The number of nitriles is 1. The summed E-state index contributed by atoms with van der Waals surface area (Å²) in [6.45, 7) is 0.204. The number of hydrogen-bond donors (Lipinski definition) is 3. The van der Waals surface area contributed by atoms with Gasteiger partial charge in [-0.25, -0.2) is 26.7 Å². The van der Waals surface area contributed by atoms with Gasteiger partial charge in [0.05, 0.1) is 28.5 Å². The summed E-state index contributed by atoms with van der Waals surface area (Å²) < 4.78 is 59.2. The molecule has 212 valence electrons. The summed E-state index contributed by atoms with van der Waals surface area (Å²) in [5.41, 5.74) is 4.66. The number of hydrogen-bond acceptors (Lipinski definition) is 7. The predicted octanol–water partition coefficient (Wildman–Crippen LogP) is 5.22. The zero-order valence-corrected chi connectivity index (χ0v) is 23.8. The Morgan fingerprint density at radius 3 is 2.19 bits per heavy atom. The molecule has 0 saturated carbocycles. The molecule has 0 spiro atoms. The fourth-order valence-corrected chi connectivity index (χ4v) is 6.33. The maximum absolute atomic E-state index is 13.2. The topological polar surface area (TPSA) is 155 Å². The molecule has 0 aliphatic rings. The Morgan fingerprint density at radius 2 is 1.50 bits per heavy atom. The molecule has 0 amide bonds. The van der Waals surface area contributed by atoms with Crippen molar-refractivity contribution in [1.29, 1.82) is 5.26 Å². The Hall–Kier alpha value is -4.73. The lowest BCUT2D eigenvalue weighted by Crippen LogP contribution is -2.24. The van der Waals surface area contributed by atoms with E-state index >= 15 is 0 Å². The zero-order valence-electron chi connectivity index (χ0n) is 22.2. The summed E-state index contributed by atoms with van der Waals surface area (Å²) >= 11 is 0. The van der Waals surface area contributed by atoms with E-state index in [9.17, 15) is 22.1 Å². The van der Waals surface area contributed by atoms with Crippen LogP contribution in [-0.4, -0.2) is 16.8 Å². The van der Waals surface area contributed by atoms with Gasteiger partial charge in [0.15, 0.2) is 0 Å². The van der Waals surface area contributed by atoms with Crippen molar-refractivity contribution in [3.05, 3.63) is 126 Å². The van der Waals surface area contributed by atoms with Crippen molar-refractivity contribution in [3.8, 4) is 28.5 Å². The van der Waals surface area contributed by atoms with Crippen molar-refractivity contribution < 1.29 is 21.3 Å². The van der Waals surface area contributed by atoms with Crippen LogP contribution in [0.4, 0.5) is 5.69 Å². The minimum atomic E-state index is -4.27. The molecule has 0 atom stereocenters. The van der Waals surface area contributed by atoms with E-state index in [1.807, 2.05) is 48.5 Å². The normalized spacial score (nSPS) is 11.6. The number of nitrogens with one attached hydrogen (secondary N) is 2. The molecule has 0 bridgehead atoms. The number of anilines is 1. The summed E-state index contributed by atoms with van der Waals surface area (Å²) in [7, 11) is -8.37. The first-order valence-corrected chi connectivity index (χ1v) is 15.8. The minimum absolute atomic E-state index is 0.0429. The lowest BCUT2D eigenvalue weighted by Gasteiger charge is -2.14. The molecule has 0 aliphatic carbocycles. The fraction of sp³-hybridized carbons (Fsp3) is 0.0645. The Labute approximate surface area is 244 Å². The van der Waals surface area contributed by atoms with E-state index < -0.39 is 20.0 Å². The predicted molar refractivity (Wildman–Crippen MR) is 160 cm³/mol. The SMILES string of the molecule is N#Cc1ccccc1-c1ccc(CNc2ccc(S(=O)(=O)NCc3ccccc3-c3ccco3)cc2S(N)(=O)=O)cc1. The molecule has 11 heteroatoms. The molecule has 0 saturated heterocycles. The van der Waals surface area contributed by atoms with Crippen molar-refractivity contribution in [2.45, 2.75) is 22.9 Å². The highest BCUT2D eigenvalue weighted by Gasteiger charge is 2.21. The van der Waals surface area contributed by atoms with Gasteiger partial charge in [-0.1, -0.05) is 66.7 Å². The molecule has 0 radical (unpaired) electrons. The molecule has 5 aromatic rings. The highest BCUT2D eigenvalue weighted by atomic mass is 32.2. The van der Waals surface area contributed by atoms with E-state index in [1.54, 1.807) is 36.4 Å². The lowest BCUT2D eigenvalue weighted by molar-refractivity contribution is 0.576. The van der Waals surface area contributed by atoms with Crippen LogP contribution in [0.25, 0.3) is 22.5 Å². The van der Waals surface area contributed by atoms with Crippen LogP contribution in [0.1, 0.15) is 16.7 Å². The van der Waals surface area contributed by atoms with E-state index in [0.717, 1.165) is 28.3 Å². The third-order valence-electron chi connectivity index (χ3n) is 6.62. The average molecular weight is 599 g/mol. The summed E-state index contributed by atoms with van der Waals surface area (Å²) in [6, 6.07) is 31.4. The van der Waals surface area contributed by atoms with Gasteiger partial charge in [-0.05, 0) is 58.7 Å². The number of rotatable bonds is 10. The molecule has 5 rings (SSSR count). The second-order valence-corrected chi connectivity index (χ2v) is 12.7. The van der Waals surface area contributed by atoms with Gasteiger partial charge >= 0.3 is 0 Å². The Morgan fingerprint density at radius 1 is 0.786 bits per heavy atom. The van der Waals surface area contributed by atoms with E-state index in [2.05, 4.69) is 16.1 Å². The monoisotopic (exact) mass is 598 g/mol. The van der Waals surface area contributed by atoms with Crippen LogP contribution in [0.3, 0.4) is 0 Å². The Kier molecular flexibility index (Phi) is 8.24. The number of nitrogens with zero attached hydrogens (tertiary/aromatic N) is 1. The highest BCUT2D eigenvalue weighted by molar-refractivity contribution is 7.90. The summed E-state index contributed by atoms with van der Waals surface area (Å²) in [4.78, 5) is -0.589. The van der Waals surface area contributed by atoms with Crippen LogP contribution < -0.4 is 15.2 Å². The molecule has 1 aromatic heterocycles. The van der Waals surface area contributed by atoms with Crippen molar-refractivity contribution in [2.24, 2.45) is 5.14 Å². The largest absolute Gasteiger partial charge is 0.464 e. The molecule has 0 unspecified atom stereocenters. The Balaban J connectivity index is 1.33. The van der Waals surface area contributed by atoms with Crippen LogP contribution in [0.5, 0.6) is 0 Å². The lowest BCUT2D eigenvalue weighted by atomic mass is 9.99. The first kappa shape index (κ1) is 28.8. The number of furan rings is 1. The molecular formula is C31H26N4O5S2. The van der Waals surface area contributed by atoms with E-state index in [-0.39, 0.29) is 28.6 Å². The highest BCUT2D eigenvalue weighted by Crippen LogP contribution is 2.28. The van der Waals surface area contributed by atoms with Gasteiger partial charge in [-0.15, -0.1) is 0 Å². The van der Waals surface area contributed by atoms with Crippen LogP contribution in [0, 0.1) is 11.3 Å². The van der Waals surface area contributed by atoms with E-state index in [0.29, 0.717) is 16.9 Å². The van der Waals surface area contributed by atoms with Crippen molar-refractivity contribution >= 4 is 25.7 Å². The number of sulfonamides is 2. The number of nitrogens with two attached hydrogens (primary N) is 1. The third-order valence-corrected chi connectivity index (χ3v) is 8.97. The molecule has 42 heavy (non-hydrogen) atoms. The van der Waals surface area contributed by atoms with Gasteiger partial charge in [0, 0.05) is 18.7 Å². The van der Waals surface area contributed by atoms with Gasteiger partial charge in [0.25, 0.3) is 0 Å². The number of primary sulfonamides is 1. The molecule has 0 fully saturated rings. The quantitative estimate of drug-likeness (QED) is 0.199. The Bertz CT molecular complexity index is 1980. The van der Waals surface area contributed by atoms with E-state index in [4.69, 9.17) is 9.56 Å².